The first-order chi connectivity index (χ1) is 6.35. The van der Waals surface area contributed by atoms with Crippen LogP contribution in [0.15, 0.2) is 4.99 Å². The Morgan fingerprint density at radius 1 is 1.54 bits per heavy atom. The summed E-state index contributed by atoms with van der Waals surface area (Å²) < 4.78 is 0. The van der Waals surface area contributed by atoms with E-state index < -0.39 is 0 Å². The van der Waals surface area contributed by atoms with E-state index in [9.17, 15) is 4.79 Å². The molecule has 0 aromatic carbocycles. The first-order valence-corrected chi connectivity index (χ1v) is 4.66. The number of aliphatic imine (C=N–C) groups is 1. The van der Waals surface area contributed by atoms with Crippen molar-refractivity contribution in [3.8, 4) is 0 Å². The van der Waals surface area contributed by atoms with E-state index in [4.69, 9.17) is 0 Å². The maximum Gasteiger partial charge on any atom is 0.320 e. The topological polar surface area (TPSA) is 50.7 Å². The summed E-state index contributed by atoms with van der Waals surface area (Å²) in [5.74, 6) is 0.707. The highest BCUT2D eigenvalue weighted by atomic mass is 16.7. The van der Waals surface area contributed by atoms with Gasteiger partial charge in [0.1, 0.15) is 5.84 Å². The maximum absolute atomic E-state index is 9.76. The molecule has 0 amide bonds. The minimum absolute atomic E-state index is 0.344. The molecule has 0 atom stereocenters. The van der Waals surface area contributed by atoms with Gasteiger partial charge in [0.05, 0.1) is 0 Å². The van der Waals surface area contributed by atoms with Crippen molar-refractivity contribution in [3.63, 3.8) is 0 Å². The molecule has 0 spiro atoms. The van der Waals surface area contributed by atoms with E-state index in [1.54, 1.807) is 7.05 Å². The molecule has 0 aliphatic carbocycles. The predicted octanol–water partition coefficient (Wildman–Crippen LogP) is 1.91. The molecule has 0 bridgehead atoms. The minimum Gasteiger partial charge on any atom is -0.346 e. The smallest absolute Gasteiger partial charge is 0.320 e. The summed E-state index contributed by atoms with van der Waals surface area (Å²) in [5.41, 5.74) is 2.44. The molecule has 4 nitrogen and oxygen atoms in total. The third-order valence-corrected chi connectivity index (χ3v) is 1.26. The van der Waals surface area contributed by atoms with Crippen LogP contribution in [0.25, 0.3) is 0 Å². The highest BCUT2D eigenvalue weighted by Gasteiger charge is 1.95. The number of nitrogens with zero attached hydrogens (tertiary/aromatic N) is 1. The number of rotatable bonds is 5. The number of hydroxylamine groups is 1. The van der Waals surface area contributed by atoms with Crippen LogP contribution in [-0.4, -0.2) is 19.4 Å². The molecule has 0 rings (SSSR count). The fourth-order valence-electron chi connectivity index (χ4n) is 0.645. The second-order valence-corrected chi connectivity index (χ2v) is 2.09. The lowest BCUT2D eigenvalue weighted by Gasteiger charge is -2.04. The zero-order chi connectivity index (χ0) is 10.5. The molecule has 0 aliphatic rings. The van der Waals surface area contributed by atoms with E-state index in [-0.39, 0.29) is 0 Å². The van der Waals surface area contributed by atoms with E-state index in [1.807, 2.05) is 13.8 Å². The number of amidine groups is 1. The lowest BCUT2D eigenvalue weighted by atomic mass is 10.2. The molecule has 0 aliphatic heterocycles. The number of carbonyl (C=O) groups is 1. The van der Waals surface area contributed by atoms with Crippen LogP contribution in [0.5, 0.6) is 0 Å². The fourth-order valence-corrected chi connectivity index (χ4v) is 0.645. The second-order valence-electron chi connectivity index (χ2n) is 2.09. The van der Waals surface area contributed by atoms with E-state index >= 15 is 0 Å². The first-order valence-electron chi connectivity index (χ1n) is 4.66. The van der Waals surface area contributed by atoms with Crippen molar-refractivity contribution in [3.05, 3.63) is 0 Å². The number of carbonyl (C=O) groups excluding carboxylic acids is 1. The van der Waals surface area contributed by atoms with Gasteiger partial charge in [0.25, 0.3) is 0 Å². The Labute approximate surface area is 80.3 Å². The normalized spacial score (nSPS) is 9.69. The Morgan fingerprint density at radius 2 is 2.15 bits per heavy atom. The molecular formula is C9H20N2O2. The van der Waals surface area contributed by atoms with E-state index in [1.165, 1.54) is 0 Å². The van der Waals surface area contributed by atoms with Crippen molar-refractivity contribution in [2.24, 2.45) is 4.99 Å². The highest BCUT2D eigenvalue weighted by Crippen LogP contribution is 1.94. The molecule has 13 heavy (non-hydrogen) atoms. The summed E-state index contributed by atoms with van der Waals surface area (Å²) in [7, 11) is 1.66. The molecular weight excluding hydrogens is 168 g/mol. The third kappa shape index (κ3) is 10.9. The van der Waals surface area contributed by atoms with Gasteiger partial charge in [-0.25, -0.2) is 5.48 Å². The average Bonchev–Trinajstić information content (AvgIpc) is 2.21. The largest absolute Gasteiger partial charge is 0.346 e. The molecule has 0 fully saturated rings. The Balaban J connectivity index is 0. The molecule has 78 valence electrons. The lowest BCUT2D eigenvalue weighted by molar-refractivity contribution is -0.132. The van der Waals surface area contributed by atoms with Gasteiger partial charge in [-0.3, -0.25) is 9.79 Å². The van der Waals surface area contributed by atoms with Gasteiger partial charge in [0.2, 0.25) is 0 Å². The van der Waals surface area contributed by atoms with Crippen molar-refractivity contribution in [1.29, 1.82) is 0 Å². The number of hydrogen-bond donors (Lipinski definition) is 1. The molecule has 1 N–H and O–H groups in total. The number of hydrogen-bond acceptors (Lipinski definition) is 3. The van der Waals surface area contributed by atoms with Crippen molar-refractivity contribution < 1.29 is 9.63 Å². The lowest BCUT2D eigenvalue weighted by Crippen LogP contribution is -2.22. The number of nitrogens with one attached hydrogen (secondary N) is 1. The van der Waals surface area contributed by atoms with Gasteiger partial charge in [-0.1, -0.05) is 27.2 Å². The molecule has 0 aromatic rings. The summed E-state index contributed by atoms with van der Waals surface area (Å²) in [6.45, 7) is 6.44. The first kappa shape index (κ1) is 14.5. The third-order valence-electron chi connectivity index (χ3n) is 1.26. The quantitative estimate of drug-likeness (QED) is 0.310. The van der Waals surface area contributed by atoms with E-state index in [0.29, 0.717) is 12.3 Å². The van der Waals surface area contributed by atoms with Crippen LogP contribution in [0.1, 0.15) is 40.0 Å². The zero-order valence-electron chi connectivity index (χ0n) is 8.96. The Bertz CT molecular complexity index is 136. The zero-order valence-corrected chi connectivity index (χ0v) is 8.96. The molecule has 0 radical (unpaired) electrons. The summed E-state index contributed by atoms with van der Waals surface area (Å²) in [4.78, 5) is 18.0. The summed E-state index contributed by atoms with van der Waals surface area (Å²) in [6.07, 6.45) is 2.96. The van der Waals surface area contributed by atoms with Gasteiger partial charge >= 0.3 is 6.47 Å². The maximum atomic E-state index is 9.76. The molecule has 4 heteroatoms. The van der Waals surface area contributed by atoms with Crippen LogP contribution >= 0.6 is 0 Å². The van der Waals surface area contributed by atoms with Gasteiger partial charge in [-0.05, 0) is 6.42 Å². The molecule has 0 saturated carbocycles. The van der Waals surface area contributed by atoms with Crippen LogP contribution in [0.4, 0.5) is 0 Å². The fraction of sp³-hybridized carbons (Fsp3) is 0.778. The highest BCUT2D eigenvalue weighted by molar-refractivity contribution is 5.81. The van der Waals surface area contributed by atoms with Crippen LogP contribution in [0.3, 0.4) is 0 Å². The summed E-state index contributed by atoms with van der Waals surface area (Å²) in [6, 6.07) is 0. The minimum atomic E-state index is 0.344. The van der Waals surface area contributed by atoms with Crippen LogP contribution in [0, 0.1) is 0 Å². The van der Waals surface area contributed by atoms with Gasteiger partial charge in [0.15, 0.2) is 0 Å². The number of unbranched alkanes of at least 4 members (excludes halogenated alkanes) is 1. The monoisotopic (exact) mass is 188 g/mol. The van der Waals surface area contributed by atoms with Crippen molar-refractivity contribution in [2.45, 2.75) is 40.0 Å². The van der Waals surface area contributed by atoms with E-state index in [0.717, 1.165) is 19.3 Å². The summed E-state index contributed by atoms with van der Waals surface area (Å²) in [5, 5.41) is 0. The van der Waals surface area contributed by atoms with E-state index in [2.05, 4.69) is 22.2 Å². The second kappa shape index (κ2) is 13.5. The molecule has 0 heterocycles. The van der Waals surface area contributed by atoms with Crippen LogP contribution in [0.2, 0.25) is 0 Å². The molecule has 0 aromatic heterocycles. The average molecular weight is 188 g/mol. The predicted molar refractivity (Wildman–Crippen MR) is 54.5 cm³/mol. The standard InChI is InChI=1S/C7H14N2O2.C2H6/c1-3-4-5-7(8-2)9-11-6-10;1-2/h6H,3-5H2,1-2H3,(H,8,9);1-2H3. The van der Waals surface area contributed by atoms with Crippen LogP contribution in [-0.2, 0) is 9.63 Å². The Kier molecular flexibility index (Phi) is 15.0. The van der Waals surface area contributed by atoms with Crippen molar-refractivity contribution in [1.82, 2.24) is 5.48 Å². The molecule has 0 saturated heterocycles. The van der Waals surface area contributed by atoms with Crippen molar-refractivity contribution >= 4 is 12.3 Å². The summed E-state index contributed by atoms with van der Waals surface area (Å²) >= 11 is 0. The van der Waals surface area contributed by atoms with Crippen LogP contribution < -0.4 is 5.48 Å². The van der Waals surface area contributed by atoms with Gasteiger partial charge in [0, 0.05) is 13.5 Å². The van der Waals surface area contributed by atoms with Crippen molar-refractivity contribution in [2.75, 3.05) is 7.05 Å². The Morgan fingerprint density at radius 3 is 2.54 bits per heavy atom. The SMILES string of the molecule is CC.CCCCC(=NC)NOC=O. The molecule has 0 unspecified atom stereocenters. The van der Waals surface area contributed by atoms with Gasteiger partial charge in [-0.2, -0.15) is 0 Å². The van der Waals surface area contributed by atoms with Gasteiger partial charge < -0.3 is 4.84 Å². The Hall–Kier alpha value is -1.06. The van der Waals surface area contributed by atoms with Gasteiger partial charge in [-0.15, -0.1) is 0 Å².